The Kier molecular flexibility index (Phi) is 6.34. The van der Waals surface area contributed by atoms with Crippen molar-refractivity contribution in [2.24, 2.45) is 10.2 Å². The predicted octanol–water partition coefficient (Wildman–Crippen LogP) is 6.21. The van der Waals surface area contributed by atoms with Crippen LogP contribution in [0.15, 0.2) is 22.4 Å². The van der Waals surface area contributed by atoms with Gasteiger partial charge >= 0.3 is 6.09 Å². The first-order valence-corrected chi connectivity index (χ1v) is 9.68. The molecule has 0 aliphatic carbocycles. The first kappa shape index (κ1) is 21.0. The molecule has 9 nitrogen and oxygen atoms in total. The smallest absolute Gasteiger partial charge is 0.411 e. The fraction of sp³-hybridized carbons (Fsp3) is 0.125. The number of halogens is 3. The van der Waals surface area contributed by atoms with E-state index in [0.717, 1.165) is 11.5 Å². The molecular weight excluding hydrogens is 463 g/mol. The number of carbonyl (C=O) groups is 1. The van der Waals surface area contributed by atoms with Gasteiger partial charge in [0, 0.05) is 0 Å². The number of ether oxygens (including phenoxy) is 1. The Labute approximate surface area is 182 Å². The minimum Gasteiger partial charge on any atom is -0.504 e. The quantitative estimate of drug-likeness (QED) is 0.264. The minimum atomic E-state index is -0.787. The van der Waals surface area contributed by atoms with Crippen LogP contribution in [0.4, 0.5) is 21.2 Å². The molecule has 0 atom stereocenters. The number of nitriles is 1. The van der Waals surface area contributed by atoms with Crippen LogP contribution in [0.5, 0.6) is 5.75 Å². The van der Waals surface area contributed by atoms with Crippen LogP contribution in [0.1, 0.15) is 12.5 Å². The van der Waals surface area contributed by atoms with E-state index in [1.807, 2.05) is 6.07 Å². The molecule has 3 rings (SSSR count). The first-order valence-electron chi connectivity index (χ1n) is 7.78. The molecule has 1 aromatic carbocycles. The summed E-state index contributed by atoms with van der Waals surface area (Å²) in [5, 5.41) is 30.2. The van der Waals surface area contributed by atoms with Crippen LogP contribution < -0.4 is 5.32 Å². The van der Waals surface area contributed by atoms with Crippen LogP contribution in [0.3, 0.4) is 0 Å². The molecule has 0 spiro atoms. The summed E-state index contributed by atoms with van der Waals surface area (Å²) in [6.07, 6.45) is -0.787. The number of hydrogen-bond acceptors (Lipinski definition) is 9. The van der Waals surface area contributed by atoms with Crippen molar-refractivity contribution in [3.8, 4) is 11.8 Å². The lowest BCUT2D eigenvalue weighted by molar-refractivity contribution is 0.168. The number of aromatic hydroxyl groups is 1. The Morgan fingerprint density at radius 1 is 1.34 bits per heavy atom. The lowest BCUT2D eigenvalue weighted by Gasteiger charge is -2.10. The van der Waals surface area contributed by atoms with Crippen molar-refractivity contribution in [2.45, 2.75) is 6.92 Å². The molecule has 2 aromatic heterocycles. The molecule has 0 radical (unpaired) electrons. The van der Waals surface area contributed by atoms with Gasteiger partial charge in [0.25, 0.3) is 0 Å². The van der Waals surface area contributed by atoms with Crippen molar-refractivity contribution in [1.82, 2.24) is 9.36 Å². The number of nitrogens with one attached hydrogen (secondary N) is 1. The number of azo groups is 1. The van der Waals surface area contributed by atoms with E-state index in [1.54, 1.807) is 6.92 Å². The number of carbonyl (C=O) groups excluding carboxylic acids is 1. The summed E-state index contributed by atoms with van der Waals surface area (Å²) in [7, 11) is 0. The van der Waals surface area contributed by atoms with Crippen LogP contribution >= 0.6 is 46.3 Å². The largest absolute Gasteiger partial charge is 0.504 e. The summed E-state index contributed by atoms with van der Waals surface area (Å²) in [6, 6.07) is 4.71. The highest BCUT2D eigenvalue weighted by Gasteiger charge is 2.18. The molecule has 0 unspecified atom stereocenters. The summed E-state index contributed by atoms with van der Waals surface area (Å²) in [4.78, 5) is 15.7. The number of aromatic nitrogens is 2. The zero-order chi connectivity index (χ0) is 21.1. The summed E-state index contributed by atoms with van der Waals surface area (Å²) < 4.78 is 8.88. The van der Waals surface area contributed by atoms with E-state index in [0.29, 0.717) is 16.0 Å². The summed E-state index contributed by atoms with van der Waals surface area (Å²) in [5.41, 5.74) is 0.501. The topological polar surface area (TPSA) is 133 Å². The molecule has 1 amide bonds. The number of benzene rings is 1. The molecule has 2 heterocycles. The van der Waals surface area contributed by atoms with Gasteiger partial charge in [0.05, 0.1) is 28.3 Å². The molecule has 0 aliphatic heterocycles. The molecule has 13 heteroatoms. The van der Waals surface area contributed by atoms with Crippen molar-refractivity contribution in [2.75, 3.05) is 11.9 Å². The van der Waals surface area contributed by atoms with E-state index in [2.05, 4.69) is 24.9 Å². The zero-order valence-electron chi connectivity index (χ0n) is 14.4. The third-order valence-electron chi connectivity index (χ3n) is 3.45. The highest BCUT2D eigenvalue weighted by atomic mass is 35.5. The third kappa shape index (κ3) is 4.33. The number of hydrogen-bond donors (Lipinski definition) is 2. The van der Waals surface area contributed by atoms with E-state index < -0.39 is 11.8 Å². The maximum atomic E-state index is 11.6. The number of amides is 1. The molecule has 0 aliphatic rings. The second-order valence-electron chi connectivity index (χ2n) is 5.26. The van der Waals surface area contributed by atoms with Gasteiger partial charge in [0.1, 0.15) is 21.9 Å². The fourth-order valence-electron chi connectivity index (χ4n) is 2.14. The van der Waals surface area contributed by atoms with E-state index in [4.69, 9.17) is 44.8 Å². The number of rotatable bonds is 4. The predicted molar refractivity (Wildman–Crippen MR) is 110 cm³/mol. The maximum absolute atomic E-state index is 11.6. The van der Waals surface area contributed by atoms with E-state index in [9.17, 15) is 9.90 Å². The van der Waals surface area contributed by atoms with Gasteiger partial charge in [0.2, 0.25) is 0 Å². The highest BCUT2D eigenvalue weighted by molar-refractivity contribution is 7.11. The Morgan fingerprint density at radius 2 is 2.10 bits per heavy atom. The number of phenols is 1. The lowest BCUT2D eigenvalue weighted by atomic mass is 10.2. The van der Waals surface area contributed by atoms with Gasteiger partial charge in [-0.15, -0.1) is 10.2 Å². The van der Waals surface area contributed by atoms with Crippen molar-refractivity contribution < 1.29 is 14.6 Å². The number of nitrogens with zero attached hydrogens (tertiary/aromatic N) is 5. The van der Waals surface area contributed by atoms with Gasteiger partial charge in [-0.3, -0.25) is 5.32 Å². The van der Waals surface area contributed by atoms with Gasteiger partial charge in [0.15, 0.2) is 16.4 Å². The number of anilines is 1. The standard InChI is InChI=1S/C16H9Cl3N6O3S/c1-2-28-16(27)21-9-4-8(10(17)11(18)12(9)26)23-24-15-7-3-6(5-20)13(19)22-14(7)25-29-15/h3-4,26H,2H2,1H3,(H,21,27). The van der Waals surface area contributed by atoms with Gasteiger partial charge in [-0.25, -0.2) is 9.78 Å². The second kappa shape index (κ2) is 8.75. The average Bonchev–Trinajstić information content (AvgIpc) is 3.08. The van der Waals surface area contributed by atoms with E-state index in [-0.39, 0.29) is 38.7 Å². The van der Waals surface area contributed by atoms with Gasteiger partial charge < -0.3 is 9.84 Å². The SMILES string of the molecule is CCOC(=O)Nc1cc(N=Nc2snc3nc(Cl)c(C#N)cc23)c(Cl)c(Cl)c1O. The number of pyridine rings is 1. The lowest BCUT2D eigenvalue weighted by Crippen LogP contribution is -2.13. The normalized spacial score (nSPS) is 11.0. The molecule has 0 saturated heterocycles. The van der Waals surface area contributed by atoms with Gasteiger partial charge in [-0.1, -0.05) is 34.8 Å². The molecule has 148 valence electrons. The van der Waals surface area contributed by atoms with Crippen LogP contribution in [-0.2, 0) is 4.74 Å². The number of fused-ring (bicyclic) bond motifs is 1. The Balaban J connectivity index is 2.00. The maximum Gasteiger partial charge on any atom is 0.411 e. The Hall–Kier alpha value is -2.71. The summed E-state index contributed by atoms with van der Waals surface area (Å²) in [6.45, 7) is 1.77. The molecule has 2 N–H and O–H groups in total. The van der Waals surface area contributed by atoms with Gasteiger partial charge in [-0.05, 0) is 30.6 Å². The molecule has 29 heavy (non-hydrogen) atoms. The summed E-state index contributed by atoms with van der Waals surface area (Å²) in [5.74, 6) is -0.440. The third-order valence-corrected chi connectivity index (χ3v) is 5.32. The van der Waals surface area contributed by atoms with Crippen LogP contribution in [0.25, 0.3) is 11.0 Å². The van der Waals surface area contributed by atoms with Crippen LogP contribution in [0, 0.1) is 11.3 Å². The summed E-state index contributed by atoms with van der Waals surface area (Å²) >= 11 is 19.0. The monoisotopic (exact) mass is 470 g/mol. The molecule has 3 aromatic rings. The van der Waals surface area contributed by atoms with Gasteiger partial charge in [-0.2, -0.15) is 9.64 Å². The van der Waals surface area contributed by atoms with E-state index >= 15 is 0 Å². The first-order chi connectivity index (χ1) is 13.8. The van der Waals surface area contributed by atoms with Crippen molar-refractivity contribution >= 4 is 79.8 Å². The fourth-order valence-corrected chi connectivity index (χ4v) is 3.34. The molecule has 0 fully saturated rings. The van der Waals surface area contributed by atoms with Crippen LogP contribution in [0.2, 0.25) is 15.2 Å². The Bertz CT molecular complexity index is 1190. The minimum absolute atomic E-state index is 0.0387. The highest BCUT2D eigenvalue weighted by Crippen LogP contribution is 2.44. The average molecular weight is 472 g/mol. The number of phenolic OH excluding ortho intramolecular Hbond substituents is 1. The zero-order valence-corrected chi connectivity index (χ0v) is 17.5. The van der Waals surface area contributed by atoms with Crippen LogP contribution in [-0.4, -0.2) is 27.2 Å². The molecule has 0 bridgehead atoms. The van der Waals surface area contributed by atoms with Crippen molar-refractivity contribution in [3.63, 3.8) is 0 Å². The Morgan fingerprint density at radius 3 is 2.79 bits per heavy atom. The second-order valence-corrected chi connectivity index (χ2v) is 7.13. The van der Waals surface area contributed by atoms with E-state index in [1.165, 1.54) is 12.1 Å². The van der Waals surface area contributed by atoms with Crippen molar-refractivity contribution in [1.29, 1.82) is 5.26 Å². The van der Waals surface area contributed by atoms with Crippen molar-refractivity contribution in [3.05, 3.63) is 32.9 Å². The molecule has 0 saturated carbocycles. The molecular formula is C16H9Cl3N6O3S.